The normalized spacial score (nSPS) is 15.6. The summed E-state index contributed by atoms with van der Waals surface area (Å²) >= 11 is 0. The van der Waals surface area contributed by atoms with Crippen LogP contribution < -0.4 is 15.0 Å². The lowest BCUT2D eigenvalue weighted by Crippen LogP contribution is -2.44. The maximum atomic E-state index is 14.6. The lowest BCUT2D eigenvalue weighted by Gasteiger charge is -2.38. The number of fused-ring (bicyclic) bond motifs is 1. The van der Waals surface area contributed by atoms with Crippen LogP contribution in [0, 0.1) is 29.1 Å². The van der Waals surface area contributed by atoms with Gasteiger partial charge in [-0.25, -0.2) is 22.0 Å². The van der Waals surface area contributed by atoms with Gasteiger partial charge >= 0.3 is 0 Å². The van der Waals surface area contributed by atoms with Crippen molar-refractivity contribution in [2.24, 2.45) is 0 Å². The van der Waals surface area contributed by atoms with Gasteiger partial charge in [0.2, 0.25) is 5.82 Å². The van der Waals surface area contributed by atoms with Gasteiger partial charge in [0.15, 0.2) is 23.3 Å². The fraction of sp³-hybridized carbons (Fsp3) is 0.0952. The molecule has 1 aliphatic rings. The van der Waals surface area contributed by atoms with E-state index in [9.17, 15) is 26.7 Å². The van der Waals surface area contributed by atoms with Gasteiger partial charge < -0.3 is 10.1 Å². The molecule has 0 aliphatic carbocycles. The summed E-state index contributed by atoms with van der Waals surface area (Å²) in [4.78, 5) is 14.1. The zero-order valence-electron chi connectivity index (χ0n) is 15.3. The molecule has 4 nitrogen and oxygen atoms in total. The van der Waals surface area contributed by atoms with Crippen LogP contribution in [0.3, 0.4) is 0 Å². The fourth-order valence-corrected chi connectivity index (χ4v) is 3.33. The number of methoxy groups -OCH3 is 1. The van der Waals surface area contributed by atoms with E-state index in [0.717, 1.165) is 4.90 Å². The van der Waals surface area contributed by atoms with Crippen molar-refractivity contribution in [2.45, 2.75) is 6.17 Å². The Hall–Kier alpha value is -3.62. The second kappa shape index (κ2) is 7.33. The van der Waals surface area contributed by atoms with Crippen molar-refractivity contribution in [1.82, 2.24) is 0 Å². The van der Waals surface area contributed by atoms with Crippen molar-refractivity contribution in [3.63, 3.8) is 0 Å². The van der Waals surface area contributed by atoms with Gasteiger partial charge in [-0.15, -0.1) is 0 Å². The molecule has 0 spiro atoms. The van der Waals surface area contributed by atoms with Crippen molar-refractivity contribution in [3.05, 3.63) is 88.7 Å². The van der Waals surface area contributed by atoms with Gasteiger partial charge in [0.1, 0.15) is 11.9 Å². The number of rotatable bonds is 3. The first-order chi connectivity index (χ1) is 14.3. The number of nitrogens with zero attached hydrogens (tertiary/aromatic N) is 1. The molecular weight excluding hydrogens is 407 g/mol. The van der Waals surface area contributed by atoms with E-state index >= 15 is 0 Å². The molecule has 0 aromatic heterocycles. The summed E-state index contributed by atoms with van der Waals surface area (Å²) in [6.07, 6.45) is -1.69. The van der Waals surface area contributed by atoms with Crippen LogP contribution in [0.15, 0.2) is 48.5 Å². The molecule has 0 saturated carbocycles. The highest BCUT2D eigenvalue weighted by Crippen LogP contribution is 2.40. The van der Waals surface area contributed by atoms with Crippen molar-refractivity contribution in [3.8, 4) is 5.75 Å². The maximum Gasteiger partial charge on any atom is 0.262 e. The summed E-state index contributed by atoms with van der Waals surface area (Å²) < 4.78 is 75.5. The molecule has 30 heavy (non-hydrogen) atoms. The minimum atomic E-state index is -2.27. The number of hydrogen-bond acceptors (Lipinski definition) is 3. The Morgan fingerprint density at radius 3 is 2.00 bits per heavy atom. The first-order valence-electron chi connectivity index (χ1n) is 8.69. The van der Waals surface area contributed by atoms with E-state index in [1.54, 1.807) is 12.1 Å². The molecule has 1 atom stereocenters. The molecule has 0 bridgehead atoms. The van der Waals surface area contributed by atoms with Crippen LogP contribution in [-0.2, 0) is 0 Å². The molecule has 4 rings (SSSR count). The molecule has 0 fully saturated rings. The average molecular weight is 420 g/mol. The van der Waals surface area contributed by atoms with E-state index < -0.39 is 46.7 Å². The Bertz CT molecular complexity index is 1120. The predicted molar refractivity (Wildman–Crippen MR) is 98.8 cm³/mol. The highest BCUT2D eigenvalue weighted by molar-refractivity contribution is 6.12. The number of hydrogen-bond donors (Lipinski definition) is 1. The SMILES string of the molecule is COc1ccc(N2C(=O)c3ccccc3NC2c2c(F)c(F)c(F)c(F)c2F)cc1. The minimum Gasteiger partial charge on any atom is -0.497 e. The van der Waals surface area contributed by atoms with Gasteiger partial charge in [0.25, 0.3) is 5.91 Å². The minimum absolute atomic E-state index is 0.164. The van der Waals surface area contributed by atoms with Gasteiger partial charge in [-0.3, -0.25) is 9.69 Å². The highest BCUT2D eigenvalue weighted by Gasteiger charge is 2.40. The number of nitrogens with one attached hydrogen (secondary N) is 1. The Labute approximate surface area is 167 Å². The predicted octanol–water partition coefficient (Wildman–Crippen LogP) is 5.16. The van der Waals surface area contributed by atoms with Crippen LogP contribution in [-0.4, -0.2) is 13.0 Å². The van der Waals surface area contributed by atoms with Crippen molar-refractivity contribution < 1.29 is 31.5 Å². The molecule has 1 heterocycles. The Morgan fingerprint density at radius 1 is 0.833 bits per heavy atom. The number of anilines is 2. The monoisotopic (exact) mass is 420 g/mol. The number of amides is 1. The number of benzene rings is 3. The van der Waals surface area contributed by atoms with Crippen molar-refractivity contribution in [2.75, 3.05) is 17.3 Å². The quantitative estimate of drug-likeness (QED) is 0.362. The third kappa shape index (κ3) is 2.94. The topological polar surface area (TPSA) is 41.6 Å². The van der Waals surface area contributed by atoms with Gasteiger partial charge in [-0.05, 0) is 36.4 Å². The molecular formula is C21H13F5N2O2. The first-order valence-corrected chi connectivity index (χ1v) is 8.69. The summed E-state index contributed by atoms with van der Waals surface area (Å²) in [5, 5.41) is 2.71. The standard InChI is InChI=1S/C21H13F5N2O2/c1-30-11-8-6-10(7-9-11)28-20(27-13-5-3-2-4-12(13)21(28)29)14-15(22)17(24)19(26)18(25)16(14)23/h2-9,20,27H,1H3. The lowest BCUT2D eigenvalue weighted by atomic mass is 10.0. The van der Waals surface area contributed by atoms with Crippen molar-refractivity contribution >= 4 is 17.3 Å². The van der Waals surface area contributed by atoms with Crippen LogP contribution in [0.1, 0.15) is 22.1 Å². The van der Waals surface area contributed by atoms with E-state index in [-0.39, 0.29) is 16.9 Å². The van der Waals surface area contributed by atoms with Gasteiger partial charge in [0.05, 0.1) is 18.2 Å². The zero-order chi connectivity index (χ0) is 21.6. The highest BCUT2D eigenvalue weighted by atomic mass is 19.2. The summed E-state index contributed by atoms with van der Waals surface area (Å²) in [7, 11) is 1.43. The van der Waals surface area contributed by atoms with E-state index in [2.05, 4.69) is 5.32 Å². The van der Waals surface area contributed by atoms with Crippen LogP contribution in [0.4, 0.5) is 33.3 Å². The fourth-order valence-electron chi connectivity index (χ4n) is 3.33. The molecule has 3 aromatic rings. The Morgan fingerprint density at radius 2 is 1.40 bits per heavy atom. The lowest BCUT2D eigenvalue weighted by molar-refractivity contribution is 0.0973. The molecule has 1 unspecified atom stereocenters. The van der Waals surface area contributed by atoms with Crippen LogP contribution >= 0.6 is 0 Å². The van der Waals surface area contributed by atoms with E-state index in [4.69, 9.17) is 4.74 Å². The maximum absolute atomic E-state index is 14.6. The molecule has 0 radical (unpaired) electrons. The van der Waals surface area contributed by atoms with Crippen LogP contribution in [0.5, 0.6) is 5.75 Å². The van der Waals surface area contributed by atoms with Crippen LogP contribution in [0.2, 0.25) is 0 Å². The van der Waals surface area contributed by atoms with E-state index in [1.165, 1.54) is 43.5 Å². The number of carbonyl (C=O) groups excluding carboxylic acids is 1. The Kier molecular flexibility index (Phi) is 4.81. The number of ether oxygens (including phenoxy) is 1. The van der Waals surface area contributed by atoms with Gasteiger partial charge in [-0.1, -0.05) is 12.1 Å². The molecule has 0 saturated heterocycles. The van der Waals surface area contributed by atoms with Gasteiger partial charge in [-0.2, -0.15) is 0 Å². The second-order valence-corrected chi connectivity index (χ2v) is 6.45. The average Bonchev–Trinajstić information content (AvgIpc) is 2.77. The molecule has 9 heteroatoms. The molecule has 3 aromatic carbocycles. The van der Waals surface area contributed by atoms with Crippen LogP contribution in [0.25, 0.3) is 0 Å². The molecule has 1 amide bonds. The number of halogens is 5. The number of carbonyl (C=O) groups is 1. The molecule has 154 valence electrons. The van der Waals surface area contributed by atoms with E-state index in [0.29, 0.717) is 5.75 Å². The second-order valence-electron chi connectivity index (χ2n) is 6.45. The molecule has 1 aliphatic heterocycles. The summed E-state index contributed by atoms with van der Waals surface area (Å²) in [5.74, 6) is -10.7. The zero-order valence-corrected chi connectivity index (χ0v) is 15.3. The Balaban J connectivity index is 1.95. The first kappa shape index (κ1) is 19.7. The summed E-state index contributed by atoms with van der Waals surface area (Å²) in [5.41, 5.74) is -0.628. The number of para-hydroxylation sites is 1. The molecule has 1 N–H and O–H groups in total. The third-order valence-corrected chi connectivity index (χ3v) is 4.79. The smallest absolute Gasteiger partial charge is 0.262 e. The largest absolute Gasteiger partial charge is 0.497 e. The van der Waals surface area contributed by atoms with Crippen molar-refractivity contribution in [1.29, 1.82) is 0 Å². The van der Waals surface area contributed by atoms with E-state index in [1.807, 2.05) is 0 Å². The van der Waals surface area contributed by atoms with Gasteiger partial charge in [0, 0.05) is 11.4 Å². The summed E-state index contributed by atoms with van der Waals surface area (Å²) in [6.45, 7) is 0. The summed E-state index contributed by atoms with van der Waals surface area (Å²) in [6, 6.07) is 12.0. The third-order valence-electron chi connectivity index (χ3n) is 4.79.